The molecule has 3 aromatic rings. The number of aryl methyl sites for hydroxylation is 1. The van der Waals surface area contributed by atoms with E-state index < -0.39 is 70.8 Å². The van der Waals surface area contributed by atoms with Crippen LogP contribution in [0.1, 0.15) is 58.0 Å². The number of carbonyl (C=O) groups excluding carboxylic acids is 5. The topological polar surface area (TPSA) is 205 Å². The highest BCUT2D eigenvalue weighted by molar-refractivity contribution is 7.92. The average Bonchev–Trinajstić information content (AvgIpc) is 3.51. The van der Waals surface area contributed by atoms with Gasteiger partial charge in [0.15, 0.2) is 5.82 Å². The van der Waals surface area contributed by atoms with E-state index >= 15 is 0 Å². The van der Waals surface area contributed by atoms with Crippen LogP contribution < -0.4 is 25.6 Å². The summed E-state index contributed by atoms with van der Waals surface area (Å²) in [4.78, 5) is 73.0. The molecule has 4 N–H and O–H groups in total. The molecule has 53 heavy (non-hydrogen) atoms. The van der Waals surface area contributed by atoms with Gasteiger partial charge in [0.05, 0.1) is 24.5 Å². The zero-order valence-corrected chi connectivity index (χ0v) is 31.8. The van der Waals surface area contributed by atoms with Crippen molar-refractivity contribution in [1.29, 1.82) is 0 Å². The predicted molar refractivity (Wildman–Crippen MR) is 199 cm³/mol. The number of rotatable bonds is 7. The third-order valence-electron chi connectivity index (χ3n) is 8.47. The van der Waals surface area contributed by atoms with Crippen molar-refractivity contribution in [3.8, 4) is 11.4 Å². The fourth-order valence-corrected chi connectivity index (χ4v) is 6.63. The number of hydrogen-bond donors (Lipinski definition) is 4. The predicted octanol–water partition coefficient (Wildman–Crippen LogP) is 1.28. The quantitative estimate of drug-likeness (QED) is 0.274. The van der Waals surface area contributed by atoms with Gasteiger partial charge in [0.2, 0.25) is 39.6 Å². The summed E-state index contributed by atoms with van der Waals surface area (Å²) in [6, 6.07) is 13.1. The highest BCUT2D eigenvalue weighted by Crippen LogP contribution is 2.21. The highest BCUT2D eigenvalue weighted by Gasteiger charge is 2.30. The average molecular weight is 752 g/mol. The maximum Gasteiger partial charge on any atom is 0.243 e. The Morgan fingerprint density at radius 3 is 2.30 bits per heavy atom. The molecule has 4 rings (SSSR count). The molecule has 0 radical (unpaired) electrons. The van der Waals surface area contributed by atoms with Crippen LogP contribution in [-0.2, 0) is 40.5 Å². The summed E-state index contributed by atoms with van der Waals surface area (Å²) in [6.07, 6.45) is 1.49. The molecule has 1 aliphatic rings. The number of aromatic nitrogens is 3. The third kappa shape index (κ3) is 11.6. The Balaban J connectivity index is 1.63. The second-order valence-electron chi connectivity index (χ2n) is 13.7. The van der Waals surface area contributed by atoms with Crippen LogP contribution in [0.2, 0.25) is 0 Å². The molecule has 286 valence electrons. The van der Waals surface area contributed by atoms with Gasteiger partial charge in [0.1, 0.15) is 31.0 Å². The van der Waals surface area contributed by atoms with Gasteiger partial charge in [0.25, 0.3) is 0 Å². The SMILES string of the molecule is Cc1cccc(N(CC(=O)N2CCCNC(=O)Cn3nc(-c4ccccc4)nc3[C@H](C)NC(=O)[C@@H](CC(C)C)NC(=O)[C@@H](C)NC(=O)C2)S(C)(=O)=O)c1. The lowest BCUT2D eigenvalue weighted by Gasteiger charge is -2.28. The summed E-state index contributed by atoms with van der Waals surface area (Å²) in [5.74, 6) is -2.16. The Bertz CT molecular complexity index is 1900. The lowest BCUT2D eigenvalue weighted by Crippen LogP contribution is -2.55. The normalized spacial score (nSPS) is 19.8. The molecule has 2 heterocycles. The third-order valence-corrected chi connectivity index (χ3v) is 9.61. The fraction of sp³-hybridized carbons (Fsp3) is 0.472. The van der Waals surface area contributed by atoms with Crippen LogP contribution in [-0.4, -0.2) is 102 Å². The van der Waals surface area contributed by atoms with Crippen LogP contribution in [0, 0.1) is 12.8 Å². The minimum Gasteiger partial charge on any atom is -0.354 e. The number of benzene rings is 2. The Morgan fingerprint density at radius 2 is 1.64 bits per heavy atom. The minimum atomic E-state index is -3.90. The molecule has 0 fully saturated rings. The maximum atomic E-state index is 13.7. The molecule has 0 bridgehead atoms. The van der Waals surface area contributed by atoms with Gasteiger partial charge in [-0.15, -0.1) is 0 Å². The molecule has 0 aliphatic carbocycles. The van der Waals surface area contributed by atoms with Crippen LogP contribution in [0.4, 0.5) is 5.69 Å². The van der Waals surface area contributed by atoms with Crippen molar-refractivity contribution < 1.29 is 32.4 Å². The molecule has 17 heteroatoms. The smallest absolute Gasteiger partial charge is 0.243 e. The van der Waals surface area contributed by atoms with E-state index in [-0.39, 0.29) is 44.1 Å². The minimum absolute atomic E-state index is 0.00997. The van der Waals surface area contributed by atoms with E-state index in [9.17, 15) is 32.4 Å². The van der Waals surface area contributed by atoms with Crippen LogP contribution in [0.15, 0.2) is 54.6 Å². The van der Waals surface area contributed by atoms with E-state index in [4.69, 9.17) is 0 Å². The first-order valence-electron chi connectivity index (χ1n) is 17.5. The maximum absolute atomic E-state index is 13.7. The number of nitrogens with zero attached hydrogens (tertiary/aromatic N) is 5. The van der Waals surface area contributed by atoms with Crippen molar-refractivity contribution in [2.75, 3.05) is 36.7 Å². The molecule has 0 spiro atoms. The monoisotopic (exact) mass is 751 g/mol. The van der Waals surface area contributed by atoms with Crippen molar-refractivity contribution in [2.45, 2.75) is 72.1 Å². The van der Waals surface area contributed by atoms with Crippen LogP contribution in [0.5, 0.6) is 0 Å². The van der Waals surface area contributed by atoms with E-state index in [1.165, 1.54) is 16.5 Å². The number of fused-ring (bicyclic) bond motifs is 1. The molecular weight excluding hydrogens is 703 g/mol. The molecular formula is C36H49N9O7S. The number of anilines is 1. The second kappa shape index (κ2) is 17.9. The molecule has 0 saturated heterocycles. The van der Waals surface area contributed by atoms with Gasteiger partial charge in [-0.25, -0.2) is 18.1 Å². The molecule has 3 atom stereocenters. The van der Waals surface area contributed by atoms with Crippen molar-refractivity contribution in [2.24, 2.45) is 5.92 Å². The second-order valence-corrected chi connectivity index (χ2v) is 15.6. The molecule has 0 saturated carbocycles. The number of nitrogens with one attached hydrogen (secondary N) is 4. The molecule has 2 aromatic carbocycles. The number of sulfonamides is 1. The van der Waals surface area contributed by atoms with E-state index in [0.717, 1.165) is 16.1 Å². The van der Waals surface area contributed by atoms with Crippen LogP contribution in [0.3, 0.4) is 0 Å². The van der Waals surface area contributed by atoms with Crippen molar-refractivity contribution in [3.05, 3.63) is 66.0 Å². The van der Waals surface area contributed by atoms with E-state index in [1.54, 1.807) is 38.1 Å². The first-order valence-corrected chi connectivity index (χ1v) is 19.4. The highest BCUT2D eigenvalue weighted by atomic mass is 32.2. The lowest BCUT2D eigenvalue weighted by molar-refractivity contribution is -0.136. The Morgan fingerprint density at radius 1 is 0.925 bits per heavy atom. The largest absolute Gasteiger partial charge is 0.354 e. The van der Waals surface area contributed by atoms with E-state index in [2.05, 4.69) is 31.3 Å². The van der Waals surface area contributed by atoms with Crippen molar-refractivity contribution in [3.63, 3.8) is 0 Å². The summed E-state index contributed by atoms with van der Waals surface area (Å²) in [7, 11) is -3.90. The Labute approximate surface area is 310 Å². The molecule has 1 aromatic heterocycles. The van der Waals surface area contributed by atoms with Gasteiger partial charge in [-0.05, 0) is 57.2 Å². The van der Waals surface area contributed by atoms with Crippen LogP contribution >= 0.6 is 0 Å². The Hall–Kier alpha value is -5.32. The summed E-state index contributed by atoms with van der Waals surface area (Å²) in [6.45, 7) is 7.55. The molecule has 5 amide bonds. The standard InChI is InChI=1S/C36H49N9O7S/c1-23(2)18-29-36(50)39-25(4)34-41-33(27-13-8-7-9-14-27)42-44(34)21-30(46)37-16-11-17-43(20-31(47)38-26(5)35(49)40-29)32(48)22-45(53(6,51)52)28-15-10-12-24(3)19-28/h7-10,12-15,19,23,25-26,29H,11,16-18,20-22H2,1-6H3,(H,37,46)(H,38,47)(H,39,50)(H,40,49)/t25-,26+,29+/m0/s1. The summed E-state index contributed by atoms with van der Waals surface area (Å²) < 4.78 is 28.0. The van der Waals surface area contributed by atoms with Gasteiger partial charge < -0.3 is 26.2 Å². The fourth-order valence-electron chi connectivity index (χ4n) is 5.79. The summed E-state index contributed by atoms with van der Waals surface area (Å²) in [5, 5.41) is 15.6. The summed E-state index contributed by atoms with van der Waals surface area (Å²) >= 11 is 0. The first kappa shape index (κ1) is 40.5. The Kier molecular flexibility index (Phi) is 13.7. The van der Waals surface area contributed by atoms with E-state index in [0.29, 0.717) is 17.2 Å². The number of hydrogen-bond acceptors (Lipinski definition) is 9. The summed E-state index contributed by atoms with van der Waals surface area (Å²) in [5.41, 5.74) is 1.79. The van der Waals surface area contributed by atoms with E-state index in [1.807, 2.05) is 44.2 Å². The van der Waals surface area contributed by atoms with Gasteiger partial charge in [0, 0.05) is 18.7 Å². The van der Waals surface area contributed by atoms with Crippen molar-refractivity contribution in [1.82, 2.24) is 40.9 Å². The van der Waals surface area contributed by atoms with Gasteiger partial charge in [-0.3, -0.25) is 28.3 Å². The number of amides is 5. The van der Waals surface area contributed by atoms with Gasteiger partial charge in [-0.2, -0.15) is 5.10 Å². The zero-order valence-electron chi connectivity index (χ0n) is 31.0. The zero-order chi connectivity index (χ0) is 38.9. The molecule has 1 aliphatic heterocycles. The lowest BCUT2D eigenvalue weighted by atomic mass is 10.0. The number of carbonyl (C=O) groups is 5. The molecule has 0 unspecified atom stereocenters. The van der Waals surface area contributed by atoms with Gasteiger partial charge >= 0.3 is 0 Å². The van der Waals surface area contributed by atoms with Gasteiger partial charge in [-0.1, -0.05) is 56.3 Å². The molecule has 16 nitrogen and oxygen atoms in total. The van der Waals surface area contributed by atoms with Crippen LogP contribution in [0.25, 0.3) is 11.4 Å². The first-order chi connectivity index (χ1) is 25.0. The van der Waals surface area contributed by atoms with Crippen molar-refractivity contribution >= 4 is 45.2 Å².